The van der Waals surface area contributed by atoms with Crippen LogP contribution in [-0.4, -0.2) is 18.6 Å². The van der Waals surface area contributed by atoms with Crippen LogP contribution in [0.3, 0.4) is 0 Å². The molecule has 0 aromatic heterocycles. The molecule has 2 aromatic rings. The van der Waals surface area contributed by atoms with Crippen LogP contribution in [-0.2, 0) is 11.2 Å². The summed E-state index contributed by atoms with van der Waals surface area (Å²) in [7, 11) is 0. The highest BCUT2D eigenvalue weighted by Gasteiger charge is 2.05. The number of hydrogen-bond donors (Lipinski definition) is 1. The highest BCUT2D eigenvalue weighted by atomic mass is 16.5. The Labute approximate surface area is 143 Å². The Morgan fingerprint density at radius 1 is 1.00 bits per heavy atom. The summed E-state index contributed by atoms with van der Waals surface area (Å²) in [6.07, 6.45) is 2.12. The van der Waals surface area contributed by atoms with Crippen molar-refractivity contribution in [2.24, 2.45) is 0 Å². The first-order chi connectivity index (χ1) is 11.6. The number of anilines is 1. The first-order valence-electron chi connectivity index (χ1n) is 8.39. The van der Waals surface area contributed by atoms with E-state index in [1.165, 1.54) is 5.56 Å². The fraction of sp³-hybridized carbons (Fsp3) is 0.350. The topological polar surface area (TPSA) is 47.6 Å². The minimum Gasteiger partial charge on any atom is -0.491 e. The van der Waals surface area contributed by atoms with Gasteiger partial charge in [-0.2, -0.15) is 0 Å². The Hall–Kier alpha value is -2.49. The molecule has 0 bridgehead atoms. The van der Waals surface area contributed by atoms with Crippen molar-refractivity contribution in [1.82, 2.24) is 0 Å². The lowest BCUT2D eigenvalue weighted by Crippen LogP contribution is -2.20. The maximum Gasteiger partial charge on any atom is 0.262 e. The molecule has 0 spiro atoms. The van der Waals surface area contributed by atoms with Crippen molar-refractivity contribution < 1.29 is 14.3 Å². The lowest BCUT2D eigenvalue weighted by molar-refractivity contribution is -0.118. The van der Waals surface area contributed by atoms with E-state index in [2.05, 4.69) is 19.2 Å². The maximum absolute atomic E-state index is 12.0. The molecular weight excluding hydrogens is 302 g/mol. The van der Waals surface area contributed by atoms with Crippen molar-refractivity contribution >= 4 is 11.6 Å². The van der Waals surface area contributed by atoms with Crippen LogP contribution in [0.15, 0.2) is 48.5 Å². The molecule has 1 amide bonds. The van der Waals surface area contributed by atoms with Crippen molar-refractivity contribution in [3.8, 4) is 11.5 Å². The molecule has 1 unspecified atom stereocenters. The Morgan fingerprint density at radius 3 is 2.21 bits per heavy atom. The van der Waals surface area contributed by atoms with Gasteiger partial charge in [0, 0.05) is 5.69 Å². The number of hydrogen-bond acceptors (Lipinski definition) is 3. The van der Waals surface area contributed by atoms with Crippen molar-refractivity contribution in [3.05, 3.63) is 54.1 Å². The van der Waals surface area contributed by atoms with Crippen molar-refractivity contribution in [1.29, 1.82) is 0 Å². The molecule has 0 aliphatic heterocycles. The van der Waals surface area contributed by atoms with E-state index >= 15 is 0 Å². The third-order valence-electron chi connectivity index (χ3n) is 3.75. The third kappa shape index (κ3) is 5.61. The molecule has 0 aliphatic rings. The van der Waals surface area contributed by atoms with E-state index in [9.17, 15) is 4.79 Å². The van der Waals surface area contributed by atoms with Gasteiger partial charge in [0.25, 0.3) is 5.91 Å². The van der Waals surface area contributed by atoms with Crippen molar-refractivity contribution in [2.75, 3.05) is 11.9 Å². The van der Waals surface area contributed by atoms with Gasteiger partial charge in [-0.05, 0) is 61.7 Å². The van der Waals surface area contributed by atoms with Gasteiger partial charge in [0.15, 0.2) is 6.61 Å². The Bertz CT molecular complexity index is 635. The Morgan fingerprint density at radius 2 is 1.62 bits per heavy atom. The molecule has 0 radical (unpaired) electrons. The third-order valence-corrected chi connectivity index (χ3v) is 3.75. The summed E-state index contributed by atoms with van der Waals surface area (Å²) in [5, 5.41) is 2.81. The highest BCUT2D eigenvalue weighted by molar-refractivity contribution is 5.91. The van der Waals surface area contributed by atoms with Crippen molar-refractivity contribution in [3.63, 3.8) is 0 Å². The molecule has 1 atom stereocenters. The molecule has 1 N–H and O–H groups in total. The van der Waals surface area contributed by atoms with Gasteiger partial charge in [-0.1, -0.05) is 26.0 Å². The SMILES string of the molecule is CCc1ccc(OCC(=O)Nc2ccc(OC(C)CC)cc2)cc1. The minimum absolute atomic E-state index is 0.0173. The van der Waals surface area contributed by atoms with Crippen LogP contribution >= 0.6 is 0 Å². The van der Waals surface area contributed by atoms with E-state index in [1.807, 2.05) is 55.5 Å². The smallest absolute Gasteiger partial charge is 0.262 e. The molecule has 0 heterocycles. The van der Waals surface area contributed by atoms with Crippen LogP contribution in [0.25, 0.3) is 0 Å². The van der Waals surface area contributed by atoms with E-state index < -0.39 is 0 Å². The zero-order valence-corrected chi connectivity index (χ0v) is 14.5. The van der Waals surface area contributed by atoms with Crippen LogP contribution in [0, 0.1) is 0 Å². The number of carbonyl (C=O) groups excluding carboxylic acids is 1. The number of carbonyl (C=O) groups is 1. The van der Waals surface area contributed by atoms with E-state index in [-0.39, 0.29) is 18.6 Å². The van der Waals surface area contributed by atoms with Gasteiger partial charge in [-0.3, -0.25) is 4.79 Å². The summed E-state index contributed by atoms with van der Waals surface area (Å²) in [5.41, 5.74) is 1.97. The van der Waals surface area contributed by atoms with E-state index in [0.29, 0.717) is 5.75 Å². The first kappa shape index (κ1) is 17.9. The summed E-state index contributed by atoms with van der Waals surface area (Å²) in [6, 6.07) is 15.1. The summed E-state index contributed by atoms with van der Waals surface area (Å²) in [4.78, 5) is 12.0. The average Bonchev–Trinajstić information content (AvgIpc) is 2.62. The van der Waals surface area contributed by atoms with E-state index in [1.54, 1.807) is 0 Å². The lowest BCUT2D eigenvalue weighted by Gasteiger charge is -2.13. The molecule has 4 nitrogen and oxygen atoms in total. The Balaban J connectivity index is 1.81. The number of benzene rings is 2. The quantitative estimate of drug-likeness (QED) is 0.779. The fourth-order valence-corrected chi connectivity index (χ4v) is 2.10. The van der Waals surface area contributed by atoms with E-state index in [0.717, 1.165) is 24.3 Å². The second-order valence-electron chi connectivity index (χ2n) is 5.70. The molecular formula is C20H25NO3. The molecule has 2 rings (SSSR count). The van der Waals surface area contributed by atoms with Gasteiger partial charge in [0.2, 0.25) is 0 Å². The summed E-state index contributed by atoms with van der Waals surface area (Å²) in [5.74, 6) is 1.31. The zero-order valence-electron chi connectivity index (χ0n) is 14.5. The van der Waals surface area contributed by atoms with Crippen LogP contribution in [0.1, 0.15) is 32.8 Å². The highest BCUT2D eigenvalue weighted by Crippen LogP contribution is 2.18. The van der Waals surface area contributed by atoms with Gasteiger partial charge in [-0.25, -0.2) is 0 Å². The number of amides is 1. The molecule has 0 fully saturated rings. The second-order valence-corrected chi connectivity index (χ2v) is 5.70. The number of nitrogens with one attached hydrogen (secondary N) is 1. The average molecular weight is 327 g/mol. The molecule has 0 saturated carbocycles. The van der Waals surface area contributed by atoms with Gasteiger partial charge in [0.1, 0.15) is 11.5 Å². The monoisotopic (exact) mass is 327 g/mol. The maximum atomic E-state index is 12.0. The standard InChI is InChI=1S/C20H25NO3/c1-4-15(3)24-19-12-8-17(9-13-19)21-20(22)14-23-18-10-6-16(5-2)7-11-18/h6-13,15H,4-5,14H2,1-3H3,(H,21,22). The molecule has 128 valence electrons. The normalized spacial score (nSPS) is 11.6. The van der Waals surface area contributed by atoms with Crippen LogP contribution in [0.5, 0.6) is 11.5 Å². The summed E-state index contributed by atoms with van der Waals surface area (Å²) >= 11 is 0. The van der Waals surface area contributed by atoms with Gasteiger partial charge in [-0.15, -0.1) is 0 Å². The molecule has 4 heteroatoms. The second kappa shape index (κ2) is 8.96. The number of rotatable bonds is 8. The lowest BCUT2D eigenvalue weighted by atomic mass is 10.2. The van der Waals surface area contributed by atoms with E-state index in [4.69, 9.17) is 9.47 Å². The summed E-state index contributed by atoms with van der Waals surface area (Å²) < 4.78 is 11.2. The first-order valence-corrected chi connectivity index (χ1v) is 8.39. The van der Waals surface area contributed by atoms with Crippen molar-refractivity contribution in [2.45, 2.75) is 39.7 Å². The van der Waals surface area contributed by atoms with Crippen LogP contribution < -0.4 is 14.8 Å². The molecule has 0 aliphatic carbocycles. The molecule has 24 heavy (non-hydrogen) atoms. The fourth-order valence-electron chi connectivity index (χ4n) is 2.10. The predicted octanol–water partition coefficient (Wildman–Crippen LogP) is 4.44. The van der Waals surface area contributed by atoms with Gasteiger partial charge in [0.05, 0.1) is 6.10 Å². The minimum atomic E-state index is -0.190. The number of ether oxygens (including phenoxy) is 2. The van der Waals surface area contributed by atoms with Crippen LogP contribution in [0.2, 0.25) is 0 Å². The Kier molecular flexibility index (Phi) is 6.67. The molecule has 0 saturated heterocycles. The zero-order chi connectivity index (χ0) is 17.4. The predicted molar refractivity (Wildman–Crippen MR) is 96.8 cm³/mol. The molecule has 2 aromatic carbocycles. The van der Waals surface area contributed by atoms with Crippen LogP contribution in [0.4, 0.5) is 5.69 Å². The summed E-state index contributed by atoms with van der Waals surface area (Å²) in [6.45, 7) is 6.19. The largest absolute Gasteiger partial charge is 0.491 e. The van der Waals surface area contributed by atoms with Gasteiger partial charge < -0.3 is 14.8 Å². The van der Waals surface area contributed by atoms with Gasteiger partial charge >= 0.3 is 0 Å². The number of aryl methyl sites for hydroxylation is 1.